The molecule has 0 unspecified atom stereocenters. The Morgan fingerprint density at radius 1 is 1.00 bits per heavy atom. The molecule has 1 heterocycles. The summed E-state index contributed by atoms with van der Waals surface area (Å²) in [5.41, 5.74) is 0.666. The van der Waals surface area contributed by atoms with Gasteiger partial charge in [0.15, 0.2) is 0 Å². The topological polar surface area (TPSA) is 73.1 Å². The van der Waals surface area contributed by atoms with Crippen LogP contribution in [0.4, 0.5) is 5.69 Å². The van der Waals surface area contributed by atoms with Crippen molar-refractivity contribution in [2.45, 2.75) is 11.8 Å². The van der Waals surface area contributed by atoms with Crippen LogP contribution in [0.2, 0.25) is 5.02 Å². The van der Waals surface area contributed by atoms with Gasteiger partial charge in [-0.2, -0.15) is 0 Å². The zero-order valence-corrected chi connectivity index (χ0v) is 15.2. The number of hydrogen-bond donors (Lipinski definition) is 1. The lowest BCUT2D eigenvalue weighted by Gasteiger charge is -2.08. The van der Waals surface area contributed by atoms with Crippen LogP contribution in [-0.4, -0.2) is 17.8 Å². The maximum atomic E-state index is 12.8. The summed E-state index contributed by atoms with van der Waals surface area (Å²) in [6.45, 7) is 1.67. The molecule has 0 aliphatic rings. The third-order valence-corrected chi connectivity index (χ3v) is 5.77. The molecule has 8 heteroatoms. The van der Waals surface area contributed by atoms with Crippen LogP contribution in [0, 0.1) is 6.92 Å². The molecule has 3 aromatic rings. The van der Waals surface area contributed by atoms with Crippen molar-refractivity contribution >= 4 is 27.3 Å². The van der Waals surface area contributed by atoms with E-state index in [-0.39, 0.29) is 15.6 Å². The standard InChI is InChI=1S/C17H16ClN3O3S/c1-12-16(19-25(23,24)15-11-7-6-10-14(15)18)17(22)21(20(12)2)13-8-4-3-5-9-13/h3-11,19H,1-2H3. The normalized spacial score (nSPS) is 11.5. The van der Waals surface area contributed by atoms with E-state index in [1.807, 2.05) is 6.07 Å². The van der Waals surface area contributed by atoms with E-state index in [1.54, 1.807) is 55.1 Å². The molecule has 0 aliphatic heterocycles. The second kappa shape index (κ2) is 6.42. The minimum atomic E-state index is -3.98. The molecule has 0 saturated heterocycles. The number of hydrogen-bond acceptors (Lipinski definition) is 3. The number of para-hydroxylation sites is 1. The fourth-order valence-corrected chi connectivity index (χ4v) is 4.17. The van der Waals surface area contributed by atoms with Gasteiger partial charge in [-0.25, -0.2) is 13.1 Å². The van der Waals surface area contributed by atoms with Crippen molar-refractivity contribution in [1.29, 1.82) is 0 Å². The fourth-order valence-electron chi connectivity index (χ4n) is 2.54. The monoisotopic (exact) mass is 377 g/mol. The van der Waals surface area contributed by atoms with Crippen molar-refractivity contribution in [1.82, 2.24) is 9.36 Å². The van der Waals surface area contributed by atoms with Crippen molar-refractivity contribution in [2.75, 3.05) is 4.72 Å². The molecule has 0 fully saturated rings. The van der Waals surface area contributed by atoms with Crippen LogP contribution in [0.5, 0.6) is 0 Å². The number of rotatable bonds is 4. The van der Waals surface area contributed by atoms with Gasteiger partial charge < -0.3 is 0 Å². The zero-order valence-electron chi connectivity index (χ0n) is 13.6. The minimum absolute atomic E-state index is 0.00808. The lowest BCUT2D eigenvalue weighted by Crippen LogP contribution is -2.23. The van der Waals surface area contributed by atoms with Crippen LogP contribution >= 0.6 is 11.6 Å². The first-order valence-electron chi connectivity index (χ1n) is 7.44. The number of nitrogens with one attached hydrogen (secondary N) is 1. The van der Waals surface area contributed by atoms with Crippen LogP contribution in [0.25, 0.3) is 5.69 Å². The molecule has 0 atom stereocenters. The maximum Gasteiger partial charge on any atom is 0.296 e. The summed E-state index contributed by atoms with van der Waals surface area (Å²) >= 11 is 5.98. The molecular weight excluding hydrogens is 362 g/mol. The second-order valence-electron chi connectivity index (χ2n) is 5.47. The first kappa shape index (κ1) is 17.3. The van der Waals surface area contributed by atoms with Crippen LogP contribution < -0.4 is 10.3 Å². The van der Waals surface area contributed by atoms with E-state index in [0.717, 1.165) is 0 Å². The molecule has 0 bridgehead atoms. The lowest BCUT2D eigenvalue weighted by molar-refractivity contribution is 0.601. The van der Waals surface area contributed by atoms with Gasteiger partial charge in [-0.05, 0) is 31.2 Å². The summed E-state index contributed by atoms with van der Waals surface area (Å²) in [6.07, 6.45) is 0. The van der Waals surface area contributed by atoms with Crippen LogP contribution in [0.15, 0.2) is 64.3 Å². The van der Waals surface area contributed by atoms with Gasteiger partial charge in [-0.15, -0.1) is 0 Å². The Morgan fingerprint density at radius 3 is 2.24 bits per heavy atom. The van der Waals surface area contributed by atoms with E-state index < -0.39 is 15.6 Å². The Bertz CT molecular complexity index is 1090. The van der Waals surface area contributed by atoms with Crippen LogP contribution in [0.3, 0.4) is 0 Å². The SMILES string of the molecule is Cc1c(NS(=O)(=O)c2ccccc2Cl)c(=O)n(-c2ccccc2)n1C. The molecular formula is C17H16ClN3O3S. The Labute approximate surface area is 150 Å². The van der Waals surface area contributed by atoms with Crippen molar-refractivity contribution in [3.8, 4) is 5.69 Å². The number of anilines is 1. The molecule has 0 radical (unpaired) electrons. The molecule has 2 aromatic carbocycles. The van der Waals surface area contributed by atoms with Crippen molar-refractivity contribution < 1.29 is 8.42 Å². The smallest absolute Gasteiger partial charge is 0.283 e. The average Bonchev–Trinajstić information content (AvgIpc) is 2.79. The highest BCUT2D eigenvalue weighted by molar-refractivity contribution is 7.92. The average molecular weight is 378 g/mol. The Morgan fingerprint density at radius 2 is 1.60 bits per heavy atom. The number of nitrogens with zero attached hydrogens (tertiary/aromatic N) is 2. The van der Waals surface area contributed by atoms with E-state index in [2.05, 4.69) is 4.72 Å². The Kier molecular flexibility index (Phi) is 4.45. The fraction of sp³-hybridized carbons (Fsp3) is 0.118. The summed E-state index contributed by atoms with van der Waals surface area (Å²) in [7, 11) is -2.29. The van der Waals surface area contributed by atoms with Gasteiger partial charge in [-0.1, -0.05) is 41.9 Å². The molecule has 0 saturated carbocycles. The third-order valence-electron chi connectivity index (χ3n) is 3.92. The highest BCUT2D eigenvalue weighted by Crippen LogP contribution is 2.24. The predicted octanol–water partition coefficient (Wildman–Crippen LogP) is 2.94. The molecule has 0 amide bonds. The van der Waals surface area contributed by atoms with Gasteiger partial charge >= 0.3 is 0 Å². The van der Waals surface area contributed by atoms with E-state index in [4.69, 9.17) is 11.6 Å². The number of sulfonamides is 1. The first-order chi connectivity index (χ1) is 11.8. The summed E-state index contributed by atoms with van der Waals surface area (Å²) in [4.78, 5) is 12.7. The number of aromatic nitrogens is 2. The summed E-state index contributed by atoms with van der Waals surface area (Å²) in [6, 6.07) is 15.1. The van der Waals surface area contributed by atoms with Gasteiger partial charge in [0.1, 0.15) is 10.6 Å². The lowest BCUT2D eigenvalue weighted by atomic mass is 10.3. The van der Waals surface area contributed by atoms with E-state index in [1.165, 1.54) is 16.8 Å². The van der Waals surface area contributed by atoms with Crippen LogP contribution in [-0.2, 0) is 17.1 Å². The minimum Gasteiger partial charge on any atom is -0.283 e. The molecule has 3 rings (SSSR count). The van der Waals surface area contributed by atoms with Gasteiger partial charge in [0.2, 0.25) is 0 Å². The molecule has 0 aliphatic carbocycles. The van der Waals surface area contributed by atoms with Gasteiger partial charge in [0.25, 0.3) is 15.6 Å². The van der Waals surface area contributed by atoms with Crippen LogP contribution in [0.1, 0.15) is 5.69 Å². The Hall–Kier alpha value is -2.51. The second-order valence-corrected chi connectivity index (χ2v) is 7.53. The predicted molar refractivity (Wildman–Crippen MR) is 98.0 cm³/mol. The summed E-state index contributed by atoms with van der Waals surface area (Å²) in [5, 5.41) is 0.0898. The number of benzene rings is 2. The van der Waals surface area contributed by atoms with Crippen molar-refractivity contribution in [3.63, 3.8) is 0 Å². The molecule has 25 heavy (non-hydrogen) atoms. The summed E-state index contributed by atoms with van der Waals surface area (Å²) in [5.74, 6) is 0. The van der Waals surface area contributed by atoms with Gasteiger partial charge in [-0.3, -0.25) is 14.2 Å². The quantitative estimate of drug-likeness (QED) is 0.759. The van der Waals surface area contributed by atoms with E-state index in [9.17, 15) is 13.2 Å². The Balaban J connectivity index is 2.11. The zero-order chi connectivity index (χ0) is 18.2. The molecule has 6 nitrogen and oxygen atoms in total. The molecule has 1 aromatic heterocycles. The van der Waals surface area contributed by atoms with Gasteiger partial charge in [0, 0.05) is 7.05 Å². The molecule has 1 N–H and O–H groups in total. The van der Waals surface area contributed by atoms with Gasteiger partial charge in [0.05, 0.1) is 16.4 Å². The third kappa shape index (κ3) is 3.08. The molecule has 0 spiro atoms. The number of halogens is 1. The highest BCUT2D eigenvalue weighted by Gasteiger charge is 2.23. The van der Waals surface area contributed by atoms with E-state index in [0.29, 0.717) is 11.4 Å². The summed E-state index contributed by atoms with van der Waals surface area (Å²) < 4.78 is 30.6. The highest BCUT2D eigenvalue weighted by atomic mass is 35.5. The van der Waals surface area contributed by atoms with Crippen molar-refractivity contribution in [3.05, 3.63) is 75.7 Å². The van der Waals surface area contributed by atoms with Crippen molar-refractivity contribution in [2.24, 2.45) is 7.05 Å². The first-order valence-corrected chi connectivity index (χ1v) is 9.30. The largest absolute Gasteiger partial charge is 0.296 e. The maximum absolute atomic E-state index is 12.8. The van der Waals surface area contributed by atoms with E-state index >= 15 is 0 Å². The molecule has 130 valence electrons.